The van der Waals surface area contributed by atoms with Crippen LogP contribution in [0.5, 0.6) is 0 Å². The van der Waals surface area contributed by atoms with E-state index in [1.54, 1.807) is 0 Å². The second-order valence-electron chi connectivity index (χ2n) is 4.71. The van der Waals surface area contributed by atoms with Gasteiger partial charge >= 0.3 is 0 Å². The van der Waals surface area contributed by atoms with Crippen molar-refractivity contribution >= 4 is 0 Å². The highest BCUT2D eigenvalue weighted by molar-refractivity contribution is 5.22. The molecule has 96 valence electrons. The van der Waals surface area contributed by atoms with Crippen molar-refractivity contribution in [1.82, 2.24) is 19.9 Å². The van der Waals surface area contributed by atoms with Gasteiger partial charge in [0.15, 0.2) is 0 Å². The minimum Gasteiger partial charge on any atom is -0.338 e. The molecule has 0 amide bonds. The predicted octanol–water partition coefficient (Wildman–Crippen LogP) is 1.94. The Balaban J connectivity index is 2.25. The molecule has 18 heavy (non-hydrogen) atoms. The van der Waals surface area contributed by atoms with Crippen molar-refractivity contribution in [2.75, 3.05) is 7.05 Å². The van der Waals surface area contributed by atoms with Gasteiger partial charge in [-0.3, -0.25) is 4.98 Å². The number of aromatic nitrogens is 3. The van der Waals surface area contributed by atoms with Crippen LogP contribution in [0, 0.1) is 13.8 Å². The Bertz CT molecular complexity index is 510. The van der Waals surface area contributed by atoms with Gasteiger partial charge in [-0.05, 0) is 38.6 Å². The monoisotopic (exact) mass is 244 g/mol. The first kappa shape index (κ1) is 12.8. The number of aryl methyl sites for hydroxylation is 3. The fourth-order valence-electron chi connectivity index (χ4n) is 2.18. The van der Waals surface area contributed by atoms with Crippen LogP contribution in [0.3, 0.4) is 0 Å². The summed E-state index contributed by atoms with van der Waals surface area (Å²) in [5.41, 5.74) is 3.39. The molecule has 0 aromatic carbocycles. The first-order valence-corrected chi connectivity index (χ1v) is 6.19. The molecule has 0 saturated carbocycles. The van der Waals surface area contributed by atoms with Crippen LogP contribution < -0.4 is 5.32 Å². The Kier molecular flexibility index (Phi) is 3.77. The van der Waals surface area contributed by atoms with E-state index in [1.807, 2.05) is 38.0 Å². The van der Waals surface area contributed by atoms with Crippen molar-refractivity contribution in [1.29, 1.82) is 0 Å². The van der Waals surface area contributed by atoms with Gasteiger partial charge in [0, 0.05) is 31.6 Å². The molecule has 0 saturated heterocycles. The third-order valence-electron chi connectivity index (χ3n) is 3.13. The van der Waals surface area contributed by atoms with Gasteiger partial charge in [-0.1, -0.05) is 0 Å². The van der Waals surface area contributed by atoms with E-state index in [2.05, 4.69) is 34.3 Å². The van der Waals surface area contributed by atoms with Crippen LogP contribution >= 0.6 is 0 Å². The number of hydrogen-bond donors (Lipinski definition) is 1. The third-order valence-corrected chi connectivity index (χ3v) is 3.13. The summed E-state index contributed by atoms with van der Waals surface area (Å²) >= 11 is 0. The lowest BCUT2D eigenvalue weighted by atomic mass is 10.1. The SMILES string of the molecule is CNC(Cc1nccn1C)c1cc(C)cc(C)n1. The summed E-state index contributed by atoms with van der Waals surface area (Å²) in [7, 11) is 3.98. The maximum Gasteiger partial charge on any atom is 0.110 e. The largest absolute Gasteiger partial charge is 0.338 e. The van der Waals surface area contributed by atoms with Crippen molar-refractivity contribution in [2.45, 2.75) is 26.3 Å². The van der Waals surface area contributed by atoms with E-state index in [4.69, 9.17) is 0 Å². The van der Waals surface area contributed by atoms with Gasteiger partial charge in [0.25, 0.3) is 0 Å². The Labute approximate surface area is 108 Å². The molecule has 2 aromatic rings. The summed E-state index contributed by atoms with van der Waals surface area (Å²) in [4.78, 5) is 8.98. The molecular weight excluding hydrogens is 224 g/mol. The van der Waals surface area contributed by atoms with Crippen LogP contribution in [0.4, 0.5) is 0 Å². The fourth-order valence-corrected chi connectivity index (χ4v) is 2.18. The quantitative estimate of drug-likeness (QED) is 0.893. The molecular formula is C14H20N4. The number of likely N-dealkylation sites (N-methyl/N-ethyl adjacent to an activating group) is 1. The highest BCUT2D eigenvalue weighted by Crippen LogP contribution is 2.17. The molecule has 0 aliphatic heterocycles. The average Bonchev–Trinajstić information content (AvgIpc) is 2.70. The number of imidazole rings is 1. The number of nitrogens with one attached hydrogen (secondary N) is 1. The van der Waals surface area contributed by atoms with E-state index in [1.165, 1.54) is 5.56 Å². The number of nitrogens with zero attached hydrogens (tertiary/aromatic N) is 3. The number of pyridine rings is 1. The van der Waals surface area contributed by atoms with E-state index in [9.17, 15) is 0 Å². The smallest absolute Gasteiger partial charge is 0.110 e. The van der Waals surface area contributed by atoms with E-state index in [-0.39, 0.29) is 6.04 Å². The maximum atomic E-state index is 4.62. The summed E-state index contributed by atoms with van der Waals surface area (Å²) < 4.78 is 2.05. The lowest BCUT2D eigenvalue weighted by Crippen LogP contribution is -2.22. The van der Waals surface area contributed by atoms with E-state index >= 15 is 0 Å². The molecule has 0 aliphatic carbocycles. The second kappa shape index (κ2) is 5.31. The minimum absolute atomic E-state index is 0.199. The van der Waals surface area contributed by atoms with Crippen LogP contribution in [0.2, 0.25) is 0 Å². The number of hydrogen-bond acceptors (Lipinski definition) is 3. The standard InChI is InChI=1S/C14H20N4/c1-10-7-11(2)17-13(8-10)12(15-3)9-14-16-5-6-18(14)4/h5-8,12,15H,9H2,1-4H3. The number of rotatable bonds is 4. The molecule has 4 heteroatoms. The van der Waals surface area contributed by atoms with Crippen LogP contribution in [0.25, 0.3) is 0 Å². The Morgan fingerprint density at radius 3 is 2.67 bits per heavy atom. The second-order valence-corrected chi connectivity index (χ2v) is 4.71. The molecule has 0 fully saturated rings. The Morgan fingerprint density at radius 2 is 2.11 bits per heavy atom. The van der Waals surface area contributed by atoms with Crippen molar-refractivity contribution < 1.29 is 0 Å². The highest BCUT2D eigenvalue weighted by atomic mass is 15.0. The van der Waals surface area contributed by atoms with Crippen molar-refractivity contribution in [3.8, 4) is 0 Å². The molecule has 1 N–H and O–H groups in total. The van der Waals surface area contributed by atoms with Crippen molar-refractivity contribution in [2.24, 2.45) is 7.05 Å². The summed E-state index contributed by atoms with van der Waals surface area (Å²) in [5.74, 6) is 1.07. The van der Waals surface area contributed by atoms with Gasteiger partial charge in [0.2, 0.25) is 0 Å². The lowest BCUT2D eigenvalue weighted by molar-refractivity contribution is 0.548. The van der Waals surface area contributed by atoms with Crippen LogP contribution in [0.1, 0.15) is 28.8 Å². The fraction of sp³-hybridized carbons (Fsp3) is 0.429. The molecule has 2 aromatic heterocycles. The molecule has 0 aliphatic rings. The van der Waals surface area contributed by atoms with Crippen LogP contribution in [0.15, 0.2) is 24.5 Å². The van der Waals surface area contributed by atoms with Gasteiger partial charge in [-0.15, -0.1) is 0 Å². The zero-order chi connectivity index (χ0) is 13.1. The van der Waals surface area contributed by atoms with Crippen molar-refractivity contribution in [3.63, 3.8) is 0 Å². The van der Waals surface area contributed by atoms with E-state index in [0.717, 1.165) is 23.6 Å². The summed E-state index contributed by atoms with van der Waals surface area (Å²) in [5, 5.41) is 3.32. The van der Waals surface area contributed by atoms with E-state index in [0.29, 0.717) is 0 Å². The minimum atomic E-state index is 0.199. The third kappa shape index (κ3) is 2.76. The lowest BCUT2D eigenvalue weighted by Gasteiger charge is -2.16. The van der Waals surface area contributed by atoms with Crippen LogP contribution in [-0.2, 0) is 13.5 Å². The van der Waals surface area contributed by atoms with E-state index < -0.39 is 0 Å². The summed E-state index contributed by atoms with van der Waals surface area (Å²) in [6.07, 6.45) is 4.64. The zero-order valence-electron chi connectivity index (χ0n) is 11.4. The van der Waals surface area contributed by atoms with Gasteiger partial charge in [0.1, 0.15) is 5.82 Å². The van der Waals surface area contributed by atoms with Gasteiger partial charge in [0.05, 0.1) is 11.7 Å². The Morgan fingerprint density at radius 1 is 1.33 bits per heavy atom. The van der Waals surface area contributed by atoms with Crippen molar-refractivity contribution in [3.05, 3.63) is 47.3 Å². The highest BCUT2D eigenvalue weighted by Gasteiger charge is 2.14. The molecule has 1 unspecified atom stereocenters. The molecule has 0 bridgehead atoms. The van der Waals surface area contributed by atoms with Gasteiger partial charge < -0.3 is 9.88 Å². The molecule has 0 spiro atoms. The molecule has 1 atom stereocenters. The average molecular weight is 244 g/mol. The first-order valence-electron chi connectivity index (χ1n) is 6.19. The first-order chi connectivity index (χ1) is 8.60. The molecule has 2 heterocycles. The van der Waals surface area contributed by atoms with Gasteiger partial charge in [-0.25, -0.2) is 4.98 Å². The Hall–Kier alpha value is -1.68. The van der Waals surface area contributed by atoms with Gasteiger partial charge in [-0.2, -0.15) is 0 Å². The molecule has 2 rings (SSSR count). The zero-order valence-corrected chi connectivity index (χ0v) is 11.4. The topological polar surface area (TPSA) is 42.7 Å². The maximum absolute atomic E-state index is 4.62. The molecule has 4 nitrogen and oxygen atoms in total. The summed E-state index contributed by atoms with van der Waals surface area (Å²) in [6, 6.07) is 4.43. The molecule has 0 radical (unpaired) electrons. The normalized spacial score (nSPS) is 12.7. The predicted molar refractivity (Wildman–Crippen MR) is 72.4 cm³/mol. The summed E-state index contributed by atoms with van der Waals surface area (Å²) in [6.45, 7) is 4.13. The van der Waals surface area contributed by atoms with Crippen LogP contribution in [-0.4, -0.2) is 21.6 Å².